The summed E-state index contributed by atoms with van der Waals surface area (Å²) < 4.78 is 6.84. The van der Waals surface area contributed by atoms with Crippen LogP contribution in [0, 0.1) is 0 Å². The summed E-state index contributed by atoms with van der Waals surface area (Å²) in [5.74, 6) is 0.238. The summed E-state index contributed by atoms with van der Waals surface area (Å²) in [6.45, 7) is 1.76. The molecule has 8 heteroatoms. The minimum absolute atomic E-state index is 0.187. The van der Waals surface area contributed by atoms with Crippen molar-refractivity contribution >= 4 is 45.9 Å². The lowest BCUT2D eigenvalue weighted by atomic mass is 10.2. The summed E-state index contributed by atoms with van der Waals surface area (Å²) >= 11 is 7.27. The summed E-state index contributed by atoms with van der Waals surface area (Å²) in [5.41, 5.74) is 1.55. The Kier molecular flexibility index (Phi) is 6.48. The van der Waals surface area contributed by atoms with Gasteiger partial charge in [0.15, 0.2) is 5.16 Å². The smallest absolute Gasteiger partial charge is 0.266 e. The molecule has 162 valence electrons. The second-order valence-corrected chi connectivity index (χ2v) is 8.73. The standard InChI is InChI=1S/C24H20ClN3O3S/c1-15(22(29)26-20-14-16(25)12-13-21(20)31-2)32-24-27-19-11-7-6-10-18(19)23(30)28(24)17-8-4-3-5-9-17/h3-15H,1-2H3,(H,26,29). The average Bonchev–Trinajstić information content (AvgIpc) is 2.80. The van der Waals surface area contributed by atoms with Crippen molar-refractivity contribution in [2.75, 3.05) is 12.4 Å². The monoisotopic (exact) mass is 465 g/mol. The van der Waals surface area contributed by atoms with E-state index >= 15 is 0 Å². The zero-order valence-corrected chi connectivity index (χ0v) is 19.0. The fourth-order valence-electron chi connectivity index (χ4n) is 3.22. The minimum Gasteiger partial charge on any atom is -0.495 e. The van der Waals surface area contributed by atoms with Gasteiger partial charge < -0.3 is 10.1 Å². The third kappa shape index (κ3) is 4.49. The van der Waals surface area contributed by atoms with Crippen LogP contribution in [0.5, 0.6) is 5.75 Å². The van der Waals surface area contributed by atoms with E-state index < -0.39 is 5.25 Å². The Labute approximate surface area is 194 Å². The molecule has 0 aliphatic heterocycles. The number of anilines is 1. The zero-order valence-electron chi connectivity index (χ0n) is 17.4. The van der Waals surface area contributed by atoms with E-state index in [2.05, 4.69) is 10.3 Å². The maximum atomic E-state index is 13.3. The zero-order chi connectivity index (χ0) is 22.7. The molecule has 0 saturated carbocycles. The lowest BCUT2D eigenvalue weighted by Crippen LogP contribution is -2.26. The number of fused-ring (bicyclic) bond motifs is 1. The van der Waals surface area contributed by atoms with Crippen LogP contribution in [0.2, 0.25) is 5.02 Å². The number of para-hydroxylation sites is 2. The van der Waals surface area contributed by atoms with E-state index in [0.717, 1.165) is 0 Å². The maximum Gasteiger partial charge on any atom is 0.266 e. The summed E-state index contributed by atoms with van der Waals surface area (Å²) in [4.78, 5) is 30.9. The quantitative estimate of drug-likeness (QED) is 0.314. The normalized spacial score (nSPS) is 11.8. The lowest BCUT2D eigenvalue weighted by Gasteiger charge is -2.17. The van der Waals surface area contributed by atoms with Crippen molar-refractivity contribution in [3.05, 3.63) is 88.2 Å². The predicted molar refractivity (Wildman–Crippen MR) is 129 cm³/mol. The fourth-order valence-corrected chi connectivity index (χ4v) is 4.32. The summed E-state index contributed by atoms with van der Waals surface area (Å²) in [6.07, 6.45) is 0. The molecule has 0 radical (unpaired) electrons. The topological polar surface area (TPSA) is 73.2 Å². The number of nitrogens with one attached hydrogen (secondary N) is 1. The highest BCUT2D eigenvalue weighted by molar-refractivity contribution is 8.00. The number of carbonyl (C=O) groups is 1. The van der Waals surface area contributed by atoms with E-state index in [0.29, 0.717) is 38.2 Å². The van der Waals surface area contributed by atoms with Crippen molar-refractivity contribution in [3.8, 4) is 11.4 Å². The molecule has 6 nitrogen and oxygen atoms in total. The van der Waals surface area contributed by atoms with Gasteiger partial charge >= 0.3 is 0 Å². The third-order valence-corrected chi connectivity index (χ3v) is 6.12. The molecule has 1 atom stereocenters. The molecule has 0 fully saturated rings. The molecule has 4 rings (SSSR count). The first kappa shape index (κ1) is 21.9. The van der Waals surface area contributed by atoms with Gasteiger partial charge in [-0.25, -0.2) is 4.98 Å². The van der Waals surface area contributed by atoms with Gasteiger partial charge in [-0.15, -0.1) is 0 Å². The highest BCUT2D eigenvalue weighted by Crippen LogP contribution is 2.30. The van der Waals surface area contributed by atoms with Gasteiger partial charge in [-0.1, -0.05) is 53.7 Å². The highest BCUT2D eigenvalue weighted by atomic mass is 35.5. The van der Waals surface area contributed by atoms with Crippen molar-refractivity contribution in [2.45, 2.75) is 17.3 Å². The van der Waals surface area contributed by atoms with Crippen LogP contribution < -0.4 is 15.6 Å². The molecule has 4 aromatic rings. The van der Waals surface area contributed by atoms with Gasteiger partial charge in [-0.2, -0.15) is 0 Å². The Hall–Kier alpha value is -3.29. The van der Waals surface area contributed by atoms with Gasteiger partial charge in [0.2, 0.25) is 5.91 Å². The number of thioether (sulfide) groups is 1. The van der Waals surface area contributed by atoms with E-state index in [9.17, 15) is 9.59 Å². The molecular formula is C24H20ClN3O3S. The molecule has 0 aliphatic rings. The molecule has 3 aromatic carbocycles. The van der Waals surface area contributed by atoms with Crippen LogP contribution in [-0.2, 0) is 4.79 Å². The summed E-state index contributed by atoms with van der Waals surface area (Å²) in [5, 5.41) is 3.72. The van der Waals surface area contributed by atoms with Crippen LogP contribution in [0.1, 0.15) is 6.92 Å². The van der Waals surface area contributed by atoms with E-state index in [4.69, 9.17) is 16.3 Å². The molecule has 1 aromatic heterocycles. The van der Waals surface area contributed by atoms with Gasteiger partial charge in [-0.3, -0.25) is 14.2 Å². The van der Waals surface area contributed by atoms with Crippen molar-refractivity contribution in [2.24, 2.45) is 0 Å². The third-order valence-electron chi connectivity index (χ3n) is 4.83. The van der Waals surface area contributed by atoms with Crippen molar-refractivity contribution < 1.29 is 9.53 Å². The second kappa shape index (κ2) is 9.46. The number of aromatic nitrogens is 2. The minimum atomic E-state index is -0.554. The molecule has 1 amide bonds. The van der Waals surface area contributed by atoms with Gasteiger partial charge in [-0.05, 0) is 49.4 Å². The van der Waals surface area contributed by atoms with Gasteiger partial charge in [0.25, 0.3) is 5.56 Å². The average molecular weight is 466 g/mol. The Morgan fingerprint density at radius 3 is 2.56 bits per heavy atom. The van der Waals surface area contributed by atoms with E-state index in [-0.39, 0.29) is 11.5 Å². The van der Waals surface area contributed by atoms with Crippen molar-refractivity contribution in [3.63, 3.8) is 0 Å². The van der Waals surface area contributed by atoms with Gasteiger partial charge in [0.1, 0.15) is 5.75 Å². The number of halogens is 1. The van der Waals surface area contributed by atoms with Crippen LogP contribution in [0.4, 0.5) is 5.69 Å². The molecule has 1 heterocycles. The first-order chi connectivity index (χ1) is 15.5. The summed E-state index contributed by atoms with van der Waals surface area (Å²) in [6, 6.07) is 21.4. The Morgan fingerprint density at radius 1 is 1.09 bits per heavy atom. The van der Waals surface area contributed by atoms with E-state index in [1.165, 1.54) is 23.4 Å². The number of nitrogens with zero attached hydrogens (tertiary/aromatic N) is 2. The maximum absolute atomic E-state index is 13.3. The summed E-state index contributed by atoms with van der Waals surface area (Å²) in [7, 11) is 1.52. The predicted octanol–water partition coefficient (Wildman–Crippen LogP) is 5.17. The molecular weight excluding hydrogens is 446 g/mol. The second-order valence-electron chi connectivity index (χ2n) is 6.98. The molecule has 32 heavy (non-hydrogen) atoms. The molecule has 1 N–H and O–H groups in total. The Morgan fingerprint density at radius 2 is 1.81 bits per heavy atom. The molecule has 0 saturated heterocycles. The van der Waals surface area contributed by atoms with Crippen molar-refractivity contribution in [1.82, 2.24) is 9.55 Å². The van der Waals surface area contributed by atoms with Gasteiger partial charge in [0.05, 0.1) is 34.6 Å². The van der Waals surface area contributed by atoms with Crippen LogP contribution in [-0.4, -0.2) is 27.8 Å². The Bertz CT molecular complexity index is 1340. The largest absolute Gasteiger partial charge is 0.495 e. The van der Waals surface area contributed by atoms with Crippen LogP contribution >= 0.6 is 23.4 Å². The number of ether oxygens (including phenoxy) is 1. The molecule has 0 bridgehead atoms. The highest BCUT2D eigenvalue weighted by Gasteiger charge is 2.21. The van der Waals surface area contributed by atoms with Gasteiger partial charge in [0, 0.05) is 5.02 Å². The van der Waals surface area contributed by atoms with Crippen LogP contribution in [0.3, 0.4) is 0 Å². The number of amides is 1. The molecule has 0 aliphatic carbocycles. The van der Waals surface area contributed by atoms with E-state index in [1.807, 2.05) is 42.5 Å². The number of benzene rings is 3. The van der Waals surface area contributed by atoms with Crippen LogP contribution in [0.15, 0.2) is 82.7 Å². The number of methoxy groups -OCH3 is 1. The fraction of sp³-hybridized carbons (Fsp3) is 0.125. The van der Waals surface area contributed by atoms with Crippen molar-refractivity contribution in [1.29, 1.82) is 0 Å². The number of hydrogen-bond donors (Lipinski definition) is 1. The lowest BCUT2D eigenvalue weighted by molar-refractivity contribution is -0.115. The first-order valence-electron chi connectivity index (χ1n) is 9.86. The first-order valence-corrected chi connectivity index (χ1v) is 11.1. The Balaban J connectivity index is 1.70. The van der Waals surface area contributed by atoms with E-state index in [1.54, 1.807) is 37.3 Å². The number of hydrogen-bond acceptors (Lipinski definition) is 5. The number of carbonyl (C=O) groups excluding carboxylic acids is 1. The number of rotatable bonds is 6. The molecule has 0 spiro atoms. The van der Waals surface area contributed by atoms with Crippen LogP contribution in [0.25, 0.3) is 16.6 Å². The molecule has 1 unspecified atom stereocenters. The SMILES string of the molecule is COc1ccc(Cl)cc1NC(=O)C(C)Sc1nc2ccccc2c(=O)n1-c1ccccc1.